The zero-order valence-corrected chi connectivity index (χ0v) is 12.3. The lowest BCUT2D eigenvalue weighted by Gasteiger charge is -2.37. The van der Waals surface area contributed by atoms with E-state index in [-0.39, 0.29) is 41.1 Å². The van der Waals surface area contributed by atoms with Crippen molar-refractivity contribution in [3.8, 4) is 0 Å². The first-order chi connectivity index (χ1) is 9.40. The third kappa shape index (κ3) is 2.67. The minimum Gasteiger partial charge on any atom is -0.465 e. The molecule has 0 atom stereocenters. The van der Waals surface area contributed by atoms with Crippen LogP contribution in [0, 0.1) is 5.92 Å². The Morgan fingerprint density at radius 2 is 2.15 bits per heavy atom. The Hall–Kier alpha value is -1.15. The number of carbonyl (C=O) groups is 1. The van der Waals surface area contributed by atoms with Gasteiger partial charge in [0.2, 0.25) is 10.0 Å². The fourth-order valence-electron chi connectivity index (χ4n) is 1.92. The largest absolute Gasteiger partial charge is 0.465 e. The van der Waals surface area contributed by atoms with Crippen molar-refractivity contribution < 1.29 is 23.1 Å². The summed E-state index contributed by atoms with van der Waals surface area (Å²) < 4.78 is 30.5. The molecule has 0 bridgehead atoms. The first-order valence-corrected chi connectivity index (χ1v) is 7.71. The van der Waals surface area contributed by atoms with Gasteiger partial charge < -0.3 is 9.84 Å². The molecule has 110 valence electrons. The van der Waals surface area contributed by atoms with Crippen LogP contribution in [0.1, 0.15) is 10.4 Å². The van der Waals surface area contributed by atoms with Crippen LogP contribution >= 0.6 is 11.6 Å². The van der Waals surface area contributed by atoms with Crippen molar-refractivity contribution in [3.63, 3.8) is 0 Å². The maximum atomic E-state index is 12.4. The monoisotopic (exact) mass is 319 g/mol. The van der Waals surface area contributed by atoms with E-state index in [1.807, 2.05) is 0 Å². The molecular weight excluding hydrogens is 306 g/mol. The minimum absolute atomic E-state index is 0.0464. The van der Waals surface area contributed by atoms with Gasteiger partial charge in [-0.05, 0) is 18.2 Å². The van der Waals surface area contributed by atoms with Crippen LogP contribution in [0.25, 0.3) is 0 Å². The van der Waals surface area contributed by atoms with Crippen molar-refractivity contribution in [1.82, 2.24) is 4.31 Å². The van der Waals surface area contributed by atoms with Crippen molar-refractivity contribution >= 4 is 27.6 Å². The molecule has 1 aromatic carbocycles. The van der Waals surface area contributed by atoms with Crippen molar-refractivity contribution in [2.24, 2.45) is 5.92 Å². The zero-order valence-electron chi connectivity index (χ0n) is 10.7. The molecule has 0 spiro atoms. The molecule has 1 aliphatic heterocycles. The van der Waals surface area contributed by atoms with E-state index in [0.29, 0.717) is 0 Å². The number of hydrogen-bond acceptors (Lipinski definition) is 5. The van der Waals surface area contributed by atoms with Crippen LogP contribution in [0.5, 0.6) is 0 Å². The molecular formula is C12H14ClNO5S. The number of halogens is 1. The van der Waals surface area contributed by atoms with Gasteiger partial charge in [0.15, 0.2) is 0 Å². The topological polar surface area (TPSA) is 83.9 Å². The third-order valence-electron chi connectivity index (χ3n) is 3.15. The second kappa shape index (κ2) is 5.69. The summed E-state index contributed by atoms with van der Waals surface area (Å²) in [7, 11) is -2.54. The normalized spacial score (nSPS) is 16.8. The van der Waals surface area contributed by atoms with E-state index in [2.05, 4.69) is 4.74 Å². The van der Waals surface area contributed by atoms with E-state index in [1.54, 1.807) is 0 Å². The number of nitrogens with zero attached hydrogens (tertiary/aromatic N) is 1. The minimum atomic E-state index is -3.76. The Balaban J connectivity index is 2.34. The van der Waals surface area contributed by atoms with Gasteiger partial charge in [0.25, 0.3) is 0 Å². The molecule has 1 N–H and O–H groups in total. The maximum Gasteiger partial charge on any atom is 0.337 e. The maximum absolute atomic E-state index is 12.4. The quantitative estimate of drug-likeness (QED) is 0.828. The summed E-state index contributed by atoms with van der Waals surface area (Å²) in [6, 6.07) is 3.96. The lowest BCUT2D eigenvalue weighted by molar-refractivity contribution is 0.0600. The summed E-state index contributed by atoms with van der Waals surface area (Å²) in [5, 5.41) is 8.98. The van der Waals surface area contributed by atoms with Crippen molar-refractivity contribution in [1.29, 1.82) is 0 Å². The number of sulfonamides is 1. The lowest BCUT2D eigenvalue weighted by Crippen LogP contribution is -2.51. The molecule has 0 radical (unpaired) electrons. The van der Waals surface area contributed by atoms with Gasteiger partial charge >= 0.3 is 5.97 Å². The Morgan fingerprint density at radius 1 is 1.50 bits per heavy atom. The molecule has 8 heteroatoms. The van der Waals surface area contributed by atoms with E-state index < -0.39 is 16.0 Å². The first-order valence-electron chi connectivity index (χ1n) is 5.89. The van der Waals surface area contributed by atoms with Crippen LogP contribution in [0.2, 0.25) is 5.02 Å². The fourth-order valence-corrected chi connectivity index (χ4v) is 4.01. The number of ether oxygens (including phenoxy) is 1. The van der Waals surface area contributed by atoms with Gasteiger partial charge in [-0.3, -0.25) is 0 Å². The summed E-state index contributed by atoms with van der Waals surface area (Å²) in [4.78, 5) is 11.3. The summed E-state index contributed by atoms with van der Waals surface area (Å²) in [5.74, 6) is -0.678. The molecule has 0 aliphatic carbocycles. The number of esters is 1. The van der Waals surface area contributed by atoms with Gasteiger partial charge in [-0.2, -0.15) is 4.31 Å². The predicted molar refractivity (Wildman–Crippen MR) is 72.1 cm³/mol. The van der Waals surface area contributed by atoms with Gasteiger partial charge in [0, 0.05) is 25.6 Å². The Labute approximate surface area is 122 Å². The number of benzene rings is 1. The fraction of sp³-hybridized carbons (Fsp3) is 0.417. The van der Waals surface area contributed by atoms with Gasteiger partial charge in [0.05, 0.1) is 17.7 Å². The molecule has 1 heterocycles. The zero-order chi connectivity index (χ0) is 14.9. The average molecular weight is 320 g/mol. The highest BCUT2D eigenvalue weighted by Crippen LogP contribution is 2.30. The molecule has 1 fully saturated rings. The summed E-state index contributed by atoms with van der Waals surface area (Å²) in [6.07, 6.45) is 0. The van der Waals surface area contributed by atoms with E-state index in [0.717, 1.165) is 0 Å². The summed E-state index contributed by atoms with van der Waals surface area (Å²) in [5.41, 5.74) is 0.120. The van der Waals surface area contributed by atoms with Crippen LogP contribution in [-0.2, 0) is 14.8 Å². The molecule has 6 nitrogen and oxygen atoms in total. The van der Waals surface area contributed by atoms with E-state index in [9.17, 15) is 13.2 Å². The molecule has 0 aromatic heterocycles. The molecule has 0 amide bonds. The molecule has 1 aromatic rings. The molecule has 0 unspecified atom stereocenters. The number of aliphatic hydroxyl groups excluding tert-OH is 1. The average Bonchev–Trinajstić information content (AvgIpc) is 2.36. The van der Waals surface area contributed by atoms with Crippen molar-refractivity contribution in [2.75, 3.05) is 26.8 Å². The third-order valence-corrected chi connectivity index (χ3v) is 5.47. The molecule has 20 heavy (non-hydrogen) atoms. The SMILES string of the molecule is COC(=O)c1ccc(Cl)c(S(=O)(=O)N2CC(CO)C2)c1. The van der Waals surface area contributed by atoms with Gasteiger partial charge in [-0.1, -0.05) is 11.6 Å². The van der Waals surface area contributed by atoms with Crippen LogP contribution in [0.4, 0.5) is 0 Å². The van der Waals surface area contributed by atoms with Crippen LogP contribution in [0.15, 0.2) is 23.1 Å². The number of methoxy groups -OCH3 is 1. The standard InChI is InChI=1S/C12H14ClNO5S/c1-19-12(16)9-2-3-10(13)11(4-9)20(17,18)14-5-8(6-14)7-15/h2-4,8,15H,5-7H2,1H3. The van der Waals surface area contributed by atoms with Crippen molar-refractivity contribution in [2.45, 2.75) is 4.90 Å². The van der Waals surface area contributed by atoms with E-state index in [4.69, 9.17) is 16.7 Å². The molecule has 2 rings (SSSR count). The van der Waals surface area contributed by atoms with Crippen molar-refractivity contribution in [3.05, 3.63) is 28.8 Å². The van der Waals surface area contributed by atoms with E-state index >= 15 is 0 Å². The van der Waals surface area contributed by atoms with Gasteiger partial charge in [-0.15, -0.1) is 0 Å². The number of hydrogen-bond donors (Lipinski definition) is 1. The Morgan fingerprint density at radius 3 is 2.70 bits per heavy atom. The highest BCUT2D eigenvalue weighted by Gasteiger charge is 2.37. The number of rotatable bonds is 4. The van der Waals surface area contributed by atoms with Crippen LogP contribution < -0.4 is 0 Å². The van der Waals surface area contributed by atoms with Crippen LogP contribution in [0.3, 0.4) is 0 Å². The van der Waals surface area contributed by atoms with Crippen LogP contribution in [-0.4, -0.2) is 50.6 Å². The second-order valence-corrected chi connectivity index (χ2v) is 6.82. The van der Waals surface area contributed by atoms with Gasteiger partial charge in [-0.25, -0.2) is 13.2 Å². The van der Waals surface area contributed by atoms with Gasteiger partial charge in [0.1, 0.15) is 4.90 Å². The molecule has 0 saturated carbocycles. The van der Waals surface area contributed by atoms with E-state index in [1.165, 1.54) is 29.6 Å². The number of aliphatic hydroxyl groups is 1. The lowest BCUT2D eigenvalue weighted by atomic mass is 10.1. The molecule has 1 saturated heterocycles. The first kappa shape index (κ1) is 15.2. The molecule has 1 aliphatic rings. The highest BCUT2D eigenvalue weighted by molar-refractivity contribution is 7.89. The number of carbonyl (C=O) groups excluding carboxylic acids is 1. The Kier molecular flexibility index (Phi) is 4.33. The predicted octanol–water partition coefficient (Wildman–Crippen LogP) is 0.739. The summed E-state index contributed by atoms with van der Waals surface area (Å²) in [6.45, 7) is 0.442. The second-order valence-electron chi connectivity index (χ2n) is 4.51. The Bertz CT molecular complexity index is 625. The summed E-state index contributed by atoms with van der Waals surface area (Å²) >= 11 is 5.92. The smallest absolute Gasteiger partial charge is 0.337 e. The highest BCUT2D eigenvalue weighted by atomic mass is 35.5.